The Hall–Kier alpha value is -3.08. The van der Waals surface area contributed by atoms with Crippen LogP contribution in [0.3, 0.4) is 0 Å². The standard InChI is InChI=1S/C20H18N5/c1-23-13-16(12-22-23)15-3-5-17(6-4-15)25-14-21-19-8-7-18(11-20(19)25)24-9-2-10-24/h2-8,11-14H,9-10H2,1H3. The smallest absolute Gasteiger partial charge is 0.100 e. The minimum atomic E-state index is 1.02. The van der Waals surface area contributed by atoms with Crippen molar-refractivity contribution in [3.05, 3.63) is 67.6 Å². The molecule has 1 fully saturated rings. The van der Waals surface area contributed by atoms with Gasteiger partial charge in [0.1, 0.15) is 6.33 Å². The Balaban J connectivity index is 1.53. The van der Waals surface area contributed by atoms with Crippen LogP contribution in [-0.2, 0) is 7.05 Å². The van der Waals surface area contributed by atoms with Crippen molar-refractivity contribution in [1.29, 1.82) is 0 Å². The third-order valence-corrected chi connectivity index (χ3v) is 4.78. The molecule has 0 bridgehead atoms. The predicted molar refractivity (Wildman–Crippen MR) is 99.8 cm³/mol. The molecule has 0 atom stereocenters. The summed E-state index contributed by atoms with van der Waals surface area (Å²) in [6.07, 6.45) is 8.09. The number of hydrogen-bond donors (Lipinski definition) is 0. The number of nitrogens with zero attached hydrogens (tertiary/aromatic N) is 5. The van der Waals surface area contributed by atoms with Gasteiger partial charge in [0.05, 0.1) is 17.2 Å². The highest BCUT2D eigenvalue weighted by Gasteiger charge is 2.16. The second kappa shape index (κ2) is 5.48. The van der Waals surface area contributed by atoms with Crippen molar-refractivity contribution < 1.29 is 0 Å². The van der Waals surface area contributed by atoms with Gasteiger partial charge in [-0.2, -0.15) is 5.10 Å². The van der Waals surface area contributed by atoms with Gasteiger partial charge < -0.3 is 4.90 Å². The highest BCUT2D eigenvalue weighted by Crippen LogP contribution is 2.27. The quantitative estimate of drug-likeness (QED) is 0.578. The molecule has 3 heterocycles. The maximum atomic E-state index is 4.55. The number of benzene rings is 2. The number of hydrogen-bond acceptors (Lipinski definition) is 3. The summed E-state index contributed by atoms with van der Waals surface area (Å²) in [5.74, 6) is 0. The molecule has 0 unspecified atom stereocenters. The molecule has 0 aliphatic carbocycles. The fourth-order valence-corrected chi connectivity index (χ4v) is 3.25. The van der Waals surface area contributed by atoms with E-state index in [1.165, 1.54) is 5.69 Å². The molecule has 2 aromatic heterocycles. The molecule has 5 heteroatoms. The molecule has 5 rings (SSSR count). The van der Waals surface area contributed by atoms with Crippen molar-refractivity contribution in [2.24, 2.45) is 7.05 Å². The molecular weight excluding hydrogens is 310 g/mol. The van der Waals surface area contributed by atoms with E-state index in [0.29, 0.717) is 0 Å². The van der Waals surface area contributed by atoms with Crippen molar-refractivity contribution in [2.45, 2.75) is 0 Å². The molecule has 0 spiro atoms. The Kier molecular flexibility index (Phi) is 3.13. The summed E-state index contributed by atoms with van der Waals surface area (Å²) in [4.78, 5) is 6.90. The van der Waals surface area contributed by atoms with Gasteiger partial charge in [-0.25, -0.2) is 4.98 Å². The summed E-state index contributed by atoms with van der Waals surface area (Å²) in [6, 6.07) is 15.0. The van der Waals surface area contributed by atoms with Gasteiger partial charge in [-0.15, -0.1) is 0 Å². The number of rotatable bonds is 3. The second-order valence-electron chi connectivity index (χ2n) is 6.43. The fourth-order valence-electron chi connectivity index (χ4n) is 3.25. The monoisotopic (exact) mass is 328 g/mol. The summed E-state index contributed by atoms with van der Waals surface area (Å²) >= 11 is 0. The summed E-state index contributed by atoms with van der Waals surface area (Å²) in [5.41, 5.74) is 6.81. The minimum absolute atomic E-state index is 1.02. The average Bonchev–Trinajstić information content (AvgIpc) is 3.19. The molecule has 1 saturated heterocycles. The van der Waals surface area contributed by atoms with Gasteiger partial charge in [0.25, 0.3) is 0 Å². The van der Waals surface area contributed by atoms with Crippen molar-refractivity contribution >= 4 is 16.7 Å². The van der Waals surface area contributed by atoms with Gasteiger partial charge in [0.15, 0.2) is 0 Å². The van der Waals surface area contributed by atoms with Crippen molar-refractivity contribution in [1.82, 2.24) is 19.3 Å². The Morgan fingerprint density at radius 3 is 2.40 bits per heavy atom. The molecule has 0 amide bonds. The highest BCUT2D eigenvalue weighted by molar-refractivity contribution is 5.82. The van der Waals surface area contributed by atoms with Gasteiger partial charge in [0.2, 0.25) is 0 Å². The van der Waals surface area contributed by atoms with Gasteiger partial charge >= 0.3 is 0 Å². The summed E-state index contributed by atoms with van der Waals surface area (Å²) in [7, 11) is 1.93. The van der Waals surface area contributed by atoms with E-state index >= 15 is 0 Å². The maximum absolute atomic E-state index is 4.55. The number of aryl methyl sites for hydroxylation is 1. The number of anilines is 1. The third-order valence-electron chi connectivity index (χ3n) is 4.78. The second-order valence-corrected chi connectivity index (χ2v) is 6.43. The maximum Gasteiger partial charge on any atom is 0.100 e. The Morgan fingerprint density at radius 2 is 1.72 bits per heavy atom. The highest BCUT2D eigenvalue weighted by atomic mass is 15.2. The summed E-state index contributed by atoms with van der Waals surface area (Å²) in [6.45, 7) is 2.05. The molecule has 2 aromatic carbocycles. The molecule has 123 valence electrons. The first kappa shape index (κ1) is 14.3. The molecule has 4 aromatic rings. The Labute approximate surface area is 146 Å². The van der Waals surface area contributed by atoms with Crippen LogP contribution in [0.5, 0.6) is 0 Å². The van der Waals surface area contributed by atoms with E-state index in [9.17, 15) is 0 Å². The number of imidazole rings is 1. The van der Waals surface area contributed by atoms with E-state index in [0.717, 1.165) is 40.9 Å². The zero-order valence-corrected chi connectivity index (χ0v) is 14.0. The van der Waals surface area contributed by atoms with Crippen LogP contribution in [-0.4, -0.2) is 32.4 Å². The molecule has 0 N–H and O–H groups in total. The summed E-state index contributed by atoms with van der Waals surface area (Å²) < 4.78 is 3.97. The summed E-state index contributed by atoms with van der Waals surface area (Å²) in [5, 5.41) is 4.24. The van der Waals surface area contributed by atoms with Crippen LogP contribution in [0.25, 0.3) is 27.8 Å². The average molecular weight is 328 g/mol. The molecule has 25 heavy (non-hydrogen) atoms. The van der Waals surface area contributed by atoms with E-state index in [-0.39, 0.29) is 0 Å². The molecule has 0 saturated carbocycles. The zero-order valence-electron chi connectivity index (χ0n) is 14.0. The Morgan fingerprint density at radius 1 is 0.920 bits per heavy atom. The SMILES string of the molecule is Cn1cc(-c2ccc(-n3cnc4ccc(N5C[CH]C5)cc43)cc2)cn1. The molecular formula is C20H18N5. The van der Waals surface area contributed by atoms with E-state index < -0.39 is 0 Å². The van der Waals surface area contributed by atoms with Crippen molar-refractivity contribution in [2.75, 3.05) is 18.0 Å². The molecule has 1 aliphatic heterocycles. The van der Waals surface area contributed by atoms with Gasteiger partial charge in [-0.05, 0) is 35.9 Å². The first-order valence-corrected chi connectivity index (χ1v) is 8.41. The Bertz CT molecular complexity index is 1040. The predicted octanol–water partition coefficient (Wildman–Crippen LogP) is 3.45. The van der Waals surface area contributed by atoms with Crippen LogP contribution in [0.1, 0.15) is 0 Å². The molecule has 1 aliphatic rings. The molecule has 1 radical (unpaired) electrons. The minimum Gasteiger partial charge on any atom is -0.371 e. The van der Waals surface area contributed by atoms with Crippen LogP contribution in [0.2, 0.25) is 0 Å². The van der Waals surface area contributed by atoms with Crippen LogP contribution < -0.4 is 4.90 Å². The van der Waals surface area contributed by atoms with Crippen LogP contribution in [0.4, 0.5) is 5.69 Å². The van der Waals surface area contributed by atoms with E-state index in [2.05, 4.69) is 68.4 Å². The lowest BCUT2D eigenvalue weighted by molar-refractivity contribution is 0.764. The first-order chi connectivity index (χ1) is 12.3. The van der Waals surface area contributed by atoms with Crippen LogP contribution in [0, 0.1) is 6.42 Å². The van der Waals surface area contributed by atoms with E-state index in [4.69, 9.17) is 0 Å². The van der Waals surface area contributed by atoms with E-state index in [1.54, 1.807) is 0 Å². The number of aromatic nitrogens is 4. The van der Waals surface area contributed by atoms with Crippen molar-refractivity contribution in [3.63, 3.8) is 0 Å². The van der Waals surface area contributed by atoms with Crippen LogP contribution >= 0.6 is 0 Å². The number of fused-ring (bicyclic) bond motifs is 1. The lowest BCUT2D eigenvalue weighted by Crippen LogP contribution is -2.37. The van der Waals surface area contributed by atoms with Crippen LogP contribution in [0.15, 0.2) is 61.2 Å². The zero-order chi connectivity index (χ0) is 16.8. The molecule has 5 nitrogen and oxygen atoms in total. The van der Waals surface area contributed by atoms with Crippen molar-refractivity contribution in [3.8, 4) is 16.8 Å². The normalized spacial score (nSPS) is 14.0. The van der Waals surface area contributed by atoms with Gasteiger partial charge in [0, 0.05) is 49.7 Å². The fraction of sp³-hybridized carbons (Fsp3) is 0.150. The van der Waals surface area contributed by atoms with Gasteiger partial charge in [-0.1, -0.05) is 12.1 Å². The lowest BCUT2D eigenvalue weighted by Gasteiger charge is -2.32. The van der Waals surface area contributed by atoms with Gasteiger partial charge in [-0.3, -0.25) is 9.25 Å². The lowest BCUT2D eigenvalue weighted by atomic mass is 10.1. The van der Waals surface area contributed by atoms with E-state index in [1.807, 2.05) is 30.5 Å². The largest absolute Gasteiger partial charge is 0.371 e. The topological polar surface area (TPSA) is 38.9 Å². The first-order valence-electron chi connectivity index (χ1n) is 8.41. The third kappa shape index (κ3) is 2.39.